The molecule has 1 fully saturated rings. The number of hydrogen-bond donors (Lipinski definition) is 2. The number of rotatable bonds is 9. The molecule has 1 aromatic rings. The molecule has 1 aromatic carbocycles. The summed E-state index contributed by atoms with van der Waals surface area (Å²) in [6.45, 7) is 11.8. The van der Waals surface area contributed by atoms with Gasteiger partial charge in [-0.25, -0.2) is 4.79 Å². The number of hydrogen-bond acceptors (Lipinski definition) is 6. The van der Waals surface area contributed by atoms with Gasteiger partial charge in [-0.05, 0) is 71.6 Å². The van der Waals surface area contributed by atoms with E-state index in [1.54, 1.807) is 23.1 Å². The van der Waals surface area contributed by atoms with Crippen LogP contribution >= 0.6 is 0 Å². The maximum Gasteiger partial charge on any atom is 0.407 e. The largest absolute Gasteiger partial charge is 0.490 e. The zero-order valence-electron chi connectivity index (χ0n) is 20.4. The number of ether oxygens (including phenoxy) is 3. The third kappa shape index (κ3) is 8.82. The minimum atomic E-state index is -0.528. The second-order valence-electron chi connectivity index (χ2n) is 8.92. The van der Waals surface area contributed by atoms with Crippen molar-refractivity contribution < 1.29 is 28.6 Å². The Hall–Kier alpha value is -2.97. The fraction of sp³-hybridized carbons (Fsp3) is 0.625. The van der Waals surface area contributed by atoms with E-state index in [0.29, 0.717) is 49.9 Å². The van der Waals surface area contributed by atoms with Crippen molar-refractivity contribution in [1.29, 1.82) is 0 Å². The number of carbonyl (C=O) groups excluding carboxylic acids is 3. The van der Waals surface area contributed by atoms with Gasteiger partial charge in [-0.2, -0.15) is 0 Å². The van der Waals surface area contributed by atoms with Crippen LogP contribution in [0.5, 0.6) is 11.5 Å². The number of alkyl carbamates (subject to hydrolysis) is 1. The molecule has 1 heterocycles. The van der Waals surface area contributed by atoms with Crippen molar-refractivity contribution in [2.75, 3.05) is 39.4 Å². The SMILES string of the molecule is CCOc1ccc(C(=O)NCC(=O)N2CCC(CNC(=O)OC(C)(C)C)CC2)cc1OCC. The number of piperidine rings is 1. The lowest BCUT2D eigenvalue weighted by Crippen LogP contribution is -2.45. The molecular weight excluding hydrogens is 426 g/mol. The van der Waals surface area contributed by atoms with Gasteiger partial charge in [-0.15, -0.1) is 0 Å². The number of nitrogens with one attached hydrogen (secondary N) is 2. The van der Waals surface area contributed by atoms with Gasteiger partial charge in [0.05, 0.1) is 19.8 Å². The van der Waals surface area contributed by atoms with Gasteiger partial charge in [0.2, 0.25) is 5.91 Å². The Labute approximate surface area is 196 Å². The molecule has 0 aliphatic carbocycles. The summed E-state index contributed by atoms with van der Waals surface area (Å²) in [5.74, 6) is 0.898. The highest BCUT2D eigenvalue weighted by molar-refractivity contribution is 5.97. The predicted molar refractivity (Wildman–Crippen MR) is 125 cm³/mol. The molecular formula is C24H37N3O6. The van der Waals surface area contributed by atoms with Crippen molar-refractivity contribution >= 4 is 17.9 Å². The highest BCUT2D eigenvalue weighted by atomic mass is 16.6. The van der Waals surface area contributed by atoms with Crippen LogP contribution in [0.2, 0.25) is 0 Å². The first-order valence-corrected chi connectivity index (χ1v) is 11.5. The Bertz CT molecular complexity index is 813. The van der Waals surface area contributed by atoms with E-state index in [1.165, 1.54) is 0 Å². The van der Waals surface area contributed by atoms with Gasteiger partial charge >= 0.3 is 6.09 Å². The lowest BCUT2D eigenvalue weighted by molar-refractivity contribution is -0.131. The van der Waals surface area contributed by atoms with E-state index in [1.807, 2.05) is 34.6 Å². The summed E-state index contributed by atoms with van der Waals surface area (Å²) < 4.78 is 16.3. The zero-order valence-corrected chi connectivity index (χ0v) is 20.4. The maximum absolute atomic E-state index is 12.5. The number of benzene rings is 1. The third-order valence-electron chi connectivity index (χ3n) is 5.11. The lowest BCUT2D eigenvalue weighted by Gasteiger charge is -2.32. The van der Waals surface area contributed by atoms with Crippen LogP contribution in [0.4, 0.5) is 4.79 Å². The average Bonchev–Trinajstić information content (AvgIpc) is 2.76. The first-order valence-electron chi connectivity index (χ1n) is 11.5. The fourth-order valence-electron chi connectivity index (χ4n) is 3.49. The Morgan fingerprint density at radius 3 is 2.24 bits per heavy atom. The summed E-state index contributed by atoms with van der Waals surface area (Å²) >= 11 is 0. The van der Waals surface area contributed by atoms with Crippen LogP contribution < -0.4 is 20.1 Å². The minimum Gasteiger partial charge on any atom is -0.490 e. The van der Waals surface area contributed by atoms with Crippen LogP contribution in [-0.2, 0) is 9.53 Å². The van der Waals surface area contributed by atoms with Gasteiger partial charge in [0.25, 0.3) is 5.91 Å². The third-order valence-corrected chi connectivity index (χ3v) is 5.11. The number of carbonyl (C=O) groups is 3. The maximum atomic E-state index is 12.5. The van der Waals surface area contributed by atoms with Crippen molar-refractivity contribution in [3.63, 3.8) is 0 Å². The first kappa shape index (κ1) is 26.3. The number of nitrogens with zero attached hydrogens (tertiary/aromatic N) is 1. The summed E-state index contributed by atoms with van der Waals surface area (Å²) in [4.78, 5) is 38.6. The number of amides is 3. The summed E-state index contributed by atoms with van der Waals surface area (Å²) in [6.07, 6.45) is 1.14. The zero-order chi connectivity index (χ0) is 24.4. The molecule has 9 heteroatoms. The van der Waals surface area contributed by atoms with E-state index < -0.39 is 11.7 Å². The van der Waals surface area contributed by atoms with Crippen molar-refractivity contribution in [3.8, 4) is 11.5 Å². The van der Waals surface area contributed by atoms with Crippen LogP contribution in [0.25, 0.3) is 0 Å². The second kappa shape index (κ2) is 12.3. The molecule has 0 saturated carbocycles. The standard InChI is InChI=1S/C24H37N3O6/c1-6-31-19-9-8-18(14-20(19)32-7-2)22(29)25-16-21(28)27-12-10-17(11-13-27)15-26-23(30)33-24(3,4)5/h8-9,14,17H,6-7,10-13,15-16H2,1-5H3,(H,25,29)(H,26,30). The van der Waals surface area contributed by atoms with E-state index in [9.17, 15) is 14.4 Å². The molecule has 0 radical (unpaired) electrons. The molecule has 0 spiro atoms. The smallest absolute Gasteiger partial charge is 0.407 e. The van der Waals surface area contributed by atoms with Gasteiger partial charge < -0.3 is 29.7 Å². The van der Waals surface area contributed by atoms with Gasteiger partial charge in [0.1, 0.15) is 5.60 Å². The molecule has 0 atom stereocenters. The number of likely N-dealkylation sites (tertiary alicyclic amines) is 1. The molecule has 2 N–H and O–H groups in total. The summed E-state index contributed by atoms with van der Waals surface area (Å²) in [5.41, 5.74) is -0.123. The van der Waals surface area contributed by atoms with Gasteiger partial charge in [-0.1, -0.05) is 0 Å². The summed E-state index contributed by atoms with van der Waals surface area (Å²) in [6, 6.07) is 4.97. The molecule has 1 aliphatic rings. The van der Waals surface area contributed by atoms with Gasteiger partial charge in [0, 0.05) is 25.2 Å². The van der Waals surface area contributed by atoms with Crippen LogP contribution in [0.3, 0.4) is 0 Å². The molecule has 184 valence electrons. The van der Waals surface area contributed by atoms with Crippen molar-refractivity contribution in [1.82, 2.24) is 15.5 Å². The Morgan fingerprint density at radius 1 is 1.00 bits per heavy atom. The van der Waals surface area contributed by atoms with Crippen molar-refractivity contribution in [3.05, 3.63) is 23.8 Å². The molecule has 0 bridgehead atoms. The van der Waals surface area contributed by atoms with Crippen LogP contribution in [-0.4, -0.2) is 67.8 Å². The topological polar surface area (TPSA) is 106 Å². The first-order chi connectivity index (χ1) is 15.6. The molecule has 3 amide bonds. The second-order valence-corrected chi connectivity index (χ2v) is 8.92. The molecule has 9 nitrogen and oxygen atoms in total. The average molecular weight is 464 g/mol. The summed E-state index contributed by atoms with van der Waals surface area (Å²) in [5, 5.41) is 5.49. The van der Waals surface area contributed by atoms with Crippen molar-refractivity contribution in [2.24, 2.45) is 5.92 Å². The Kier molecular flexibility index (Phi) is 9.81. The fourth-order valence-corrected chi connectivity index (χ4v) is 3.49. The molecule has 1 aliphatic heterocycles. The molecule has 2 rings (SSSR count). The van der Waals surface area contributed by atoms with E-state index in [2.05, 4.69) is 10.6 Å². The van der Waals surface area contributed by atoms with Crippen molar-refractivity contribution in [2.45, 2.75) is 53.1 Å². The van der Waals surface area contributed by atoms with Gasteiger partial charge in [-0.3, -0.25) is 9.59 Å². The highest BCUT2D eigenvalue weighted by Gasteiger charge is 2.24. The van der Waals surface area contributed by atoms with Crippen LogP contribution in [0.1, 0.15) is 57.8 Å². The van der Waals surface area contributed by atoms with E-state index in [4.69, 9.17) is 14.2 Å². The van der Waals surface area contributed by atoms with Crippen LogP contribution in [0, 0.1) is 5.92 Å². The predicted octanol–water partition coefficient (Wildman–Crippen LogP) is 2.98. The van der Waals surface area contributed by atoms with E-state index >= 15 is 0 Å². The lowest BCUT2D eigenvalue weighted by atomic mass is 9.97. The minimum absolute atomic E-state index is 0.0726. The van der Waals surface area contributed by atoms with Crippen LogP contribution in [0.15, 0.2) is 18.2 Å². The summed E-state index contributed by atoms with van der Waals surface area (Å²) in [7, 11) is 0. The highest BCUT2D eigenvalue weighted by Crippen LogP contribution is 2.28. The molecule has 1 saturated heterocycles. The quantitative estimate of drug-likeness (QED) is 0.583. The normalized spacial score (nSPS) is 14.4. The van der Waals surface area contributed by atoms with Gasteiger partial charge in [0.15, 0.2) is 11.5 Å². The molecule has 0 unspecified atom stereocenters. The van der Waals surface area contributed by atoms with E-state index in [-0.39, 0.29) is 24.3 Å². The molecule has 33 heavy (non-hydrogen) atoms. The monoisotopic (exact) mass is 463 g/mol. The Balaban J connectivity index is 1.77. The Morgan fingerprint density at radius 2 is 1.64 bits per heavy atom. The van der Waals surface area contributed by atoms with E-state index in [0.717, 1.165) is 12.8 Å². The molecule has 0 aromatic heterocycles.